The van der Waals surface area contributed by atoms with Gasteiger partial charge in [-0.05, 0) is 67.6 Å². The van der Waals surface area contributed by atoms with Crippen molar-refractivity contribution in [1.82, 2.24) is 29.7 Å². The first-order valence-electron chi connectivity index (χ1n) is 19.1. The predicted octanol–water partition coefficient (Wildman–Crippen LogP) is 5.05. The molecule has 2 aromatic carbocycles. The zero-order valence-electron chi connectivity index (χ0n) is 30.6. The number of rotatable bonds is 11. The van der Waals surface area contributed by atoms with Crippen LogP contribution in [0.25, 0.3) is 32.9 Å². The molecule has 3 fully saturated rings. The number of carbonyl (C=O) groups is 4. The Morgan fingerprint density at radius 2 is 1.62 bits per heavy atom. The lowest BCUT2D eigenvalue weighted by Gasteiger charge is -2.39. The molecule has 4 amide bonds. The molecule has 13 nitrogen and oxygen atoms in total. The van der Waals surface area contributed by atoms with Crippen LogP contribution in [0.1, 0.15) is 65.7 Å². The number of pyridine rings is 2. The quantitative estimate of drug-likeness (QED) is 0.144. The fraction of sp³-hybridized carbons (Fsp3) is 0.381. The van der Waals surface area contributed by atoms with Gasteiger partial charge < -0.3 is 23.7 Å². The van der Waals surface area contributed by atoms with Gasteiger partial charge in [-0.3, -0.25) is 34.4 Å². The Hall–Kier alpha value is -5.66. The number of hydrogen-bond acceptors (Lipinski definition) is 10. The first kappa shape index (κ1) is 35.1. The highest BCUT2D eigenvalue weighted by Crippen LogP contribution is 2.34. The van der Waals surface area contributed by atoms with Crippen molar-refractivity contribution in [3.63, 3.8) is 0 Å². The van der Waals surface area contributed by atoms with Gasteiger partial charge in [-0.2, -0.15) is 0 Å². The molecular weight excluding hydrogens is 700 g/mol. The van der Waals surface area contributed by atoms with E-state index in [4.69, 9.17) is 14.2 Å². The van der Waals surface area contributed by atoms with E-state index in [9.17, 15) is 19.2 Å². The summed E-state index contributed by atoms with van der Waals surface area (Å²) in [6, 6.07) is 16.4. The third-order valence-corrected chi connectivity index (χ3v) is 11.4. The van der Waals surface area contributed by atoms with Crippen molar-refractivity contribution in [3.8, 4) is 22.8 Å². The Kier molecular flexibility index (Phi) is 9.27. The fourth-order valence-electron chi connectivity index (χ4n) is 8.31. The molecule has 6 heterocycles. The summed E-state index contributed by atoms with van der Waals surface area (Å²) in [6.07, 6.45) is 10.9. The third-order valence-electron chi connectivity index (χ3n) is 11.4. The number of nitrogens with zero attached hydrogens (tertiary/aromatic N) is 5. The summed E-state index contributed by atoms with van der Waals surface area (Å²) in [4.78, 5) is 62.2. The van der Waals surface area contributed by atoms with Crippen molar-refractivity contribution >= 4 is 45.4 Å². The Morgan fingerprint density at radius 3 is 2.42 bits per heavy atom. The zero-order valence-corrected chi connectivity index (χ0v) is 30.6. The van der Waals surface area contributed by atoms with Crippen molar-refractivity contribution in [2.24, 2.45) is 7.05 Å². The molecule has 5 aromatic rings. The van der Waals surface area contributed by atoms with Gasteiger partial charge >= 0.3 is 0 Å². The Morgan fingerprint density at radius 1 is 0.800 bits per heavy atom. The summed E-state index contributed by atoms with van der Waals surface area (Å²) in [5, 5.41) is 4.56. The molecule has 0 radical (unpaired) electrons. The van der Waals surface area contributed by atoms with Crippen molar-refractivity contribution < 1.29 is 33.4 Å². The molecule has 9 rings (SSSR count). The molecule has 1 saturated carbocycles. The molecule has 55 heavy (non-hydrogen) atoms. The largest absolute Gasteiger partial charge is 0.494 e. The molecule has 0 bridgehead atoms. The SMILES string of the molecule is Cn1c2ccncc2c2ccc(-c3ccc(OC4CC(OC5CCN(CCCOc6ccc7c(c6)C(=O)N(C6CCC(=O)NC6=O)C7=O)CC5)C4)nc3)cc21. The molecule has 3 aliphatic heterocycles. The molecular formula is C42H42N6O7. The van der Waals surface area contributed by atoms with Gasteiger partial charge in [0.2, 0.25) is 17.7 Å². The Bertz CT molecular complexity index is 2310. The normalized spacial score (nSPS) is 21.9. The molecule has 3 aromatic heterocycles. The number of nitrogens with one attached hydrogen (secondary N) is 1. The van der Waals surface area contributed by atoms with E-state index >= 15 is 0 Å². The van der Waals surface area contributed by atoms with E-state index in [-0.39, 0.29) is 42.3 Å². The minimum Gasteiger partial charge on any atom is -0.494 e. The smallest absolute Gasteiger partial charge is 0.262 e. The van der Waals surface area contributed by atoms with Crippen molar-refractivity contribution in [2.45, 2.75) is 69.3 Å². The minimum absolute atomic E-state index is 0.0832. The molecule has 1 aliphatic carbocycles. The van der Waals surface area contributed by atoms with E-state index in [1.807, 2.05) is 30.7 Å². The van der Waals surface area contributed by atoms with E-state index in [0.717, 1.165) is 84.2 Å². The molecule has 13 heteroatoms. The van der Waals surface area contributed by atoms with Gasteiger partial charge in [0.1, 0.15) is 17.9 Å². The molecule has 1 unspecified atom stereocenters. The molecule has 1 atom stereocenters. The topological polar surface area (TPSA) is 145 Å². The number of piperidine rings is 2. The lowest BCUT2D eigenvalue weighted by molar-refractivity contribution is -0.136. The van der Waals surface area contributed by atoms with Crippen LogP contribution in [-0.4, -0.2) is 98.6 Å². The molecule has 2 saturated heterocycles. The fourth-order valence-corrected chi connectivity index (χ4v) is 8.31. The van der Waals surface area contributed by atoms with Gasteiger partial charge in [-0.15, -0.1) is 0 Å². The number of aryl methyl sites for hydroxylation is 1. The van der Waals surface area contributed by atoms with Gasteiger partial charge in [0.25, 0.3) is 11.8 Å². The maximum absolute atomic E-state index is 13.1. The Balaban J connectivity index is 0.679. The summed E-state index contributed by atoms with van der Waals surface area (Å²) < 4.78 is 20.8. The molecule has 0 spiro atoms. The van der Waals surface area contributed by atoms with Gasteiger partial charge in [0, 0.05) is 92.5 Å². The van der Waals surface area contributed by atoms with Crippen molar-refractivity contribution in [3.05, 3.63) is 84.3 Å². The van der Waals surface area contributed by atoms with Gasteiger partial charge in [-0.1, -0.05) is 12.1 Å². The first-order valence-corrected chi connectivity index (χ1v) is 19.1. The summed E-state index contributed by atoms with van der Waals surface area (Å²) in [5.41, 5.74) is 4.94. The minimum atomic E-state index is -0.987. The lowest BCUT2D eigenvalue weighted by Crippen LogP contribution is -2.54. The van der Waals surface area contributed by atoms with E-state index < -0.39 is 29.7 Å². The van der Waals surface area contributed by atoms with E-state index in [2.05, 4.69) is 56.1 Å². The maximum atomic E-state index is 13.1. The average Bonchev–Trinajstić information content (AvgIpc) is 3.61. The van der Waals surface area contributed by atoms with E-state index in [1.165, 1.54) is 5.39 Å². The average molecular weight is 743 g/mol. The predicted molar refractivity (Wildman–Crippen MR) is 203 cm³/mol. The number of likely N-dealkylation sites (tertiary alicyclic amines) is 1. The van der Waals surface area contributed by atoms with E-state index in [1.54, 1.807) is 18.2 Å². The van der Waals surface area contributed by atoms with Crippen LogP contribution < -0.4 is 14.8 Å². The molecule has 1 N–H and O–H groups in total. The van der Waals surface area contributed by atoms with Gasteiger partial charge in [-0.25, -0.2) is 4.98 Å². The zero-order chi connectivity index (χ0) is 37.6. The number of benzene rings is 2. The highest BCUT2D eigenvalue weighted by molar-refractivity contribution is 6.23. The summed E-state index contributed by atoms with van der Waals surface area (Å²) >= 11 is 0. The number of carbonyl (C=O) groups excluding carboxylic acids is 4. The summed E-state index contributed by atoms with van der Waals surface area (Å²) in [7, 11) is 2.08. The van der Waals surface area contributed by atoms with E-state index in [0.29, 0.717) is 18.2 Å². The van der Waals surface area contributed by atoms with Gasteiger partial charge in [0.15, 0.2) is 0 Å². The number of amides is 4. The maximum Gasteiger partial charge on any atom is 0.262 e. The monoisotopic (exact) mass is 742 g/mol. The van der Waals surface area contributed by atoms with Crippen LogP contribution in [0, 0.1) is 0 Å². The second kappa shape index (κ2) is 14.5. The summed E-state index contributed by atoms with van der Waals surface area (Å²) in [6.45, 7) is 3.28. The highest BCUT2D eigenvalue weighted by Gasteiger charge is 2.44. The third kappa shape index (κ3) is 6.82. The van der Waals surface area contributed by atoms with Crippen LogP contribution in [-0.2, 0) is 21.4 Å². The van der Waals surface area contributed by atoms with Crippen LogP contribution in [0.15, 0.2) is 73.2 Å². The van der Waals surface area contributed by atoms with Crippen LogP contribution in [0.5, 0.6) is 11.6 Å². The number of ether oxygens (including phenoxy) is 3. The van der Waals surface area contributed by atoms with Crippen LogP contribution in [0.4, 0.5) is 0 Å². The van der Waals surface area contributed by atoms with Crippen LogP contribution in [0.3, 0.4) is 0 Å². The highest BCUT2D eigenvalue weighted by atomic mass is 16.5. The van der Waals surface area contributed by atoms with Crippen molar-refractivity contribution in [2.75, 3.05) is 26.2 Å². The first-order chi connectivity index (χ1) is 26.8. The van der Waals surface area contributed by atoms with Crippen molar-refractivity contribution in [1.29, 1.82) is 0 Å². The lowest BCUT2D eigenvalue weighted by atomic mass is 9.91. The van der Waals surface area contributed by atoms with Gasteiger partial charge in [0.05, 0.1) is 35.5 Å². The summed E-state index contributed by atoms with van der Waals surface area (Å²) in [5.74, 6) is -0.951. The number of hydrogen-bond donors (Lipinski definition) is 1. The standard InChI is InChI=1S/C42H42N6O7/c1-46-35-11-14-43-24-34(35)31-6-3-25(19-37(31)46)26-4-10-39(44-23-26)55-30-20-29(21-30)54-27-12-16-47(17-13-27)15-2-18-53-28-5-7-32-33(22-28)42(52)48(41(32)51)36-8-9-38(49)45-40(36)50/h3-7,10-11,14,19,22-24,27,29-30,36H,2,8-9,12-13,15-18,20-21H2,1H3,(H,45,49,50). The molecule has 4 aliphatic rings. The number of fused-ring (bicyclic) bond motifs is 4. The Labute approximate surface area is 317 Å². The second-order valence-corrected chi connectivity index (χ2v) is 14.9. The molecule has 282 valence electrons. The number of aromatic nitrogens is 3. The number of imide groups is 2. The van der Waals surface area contributed by atoms with Crippen LogP contribution in [0.2, 0.25) is 0 Å². The second-order valence-electron chi connectivity index (χ2n) is 14.9. The van der Waals surface area contributed by atoms with Crippen LogP contribution >= 0.6 is 0 Å².